The third-order valence-corrected chi connectivity index (χ3v) is 2.75. The number of rotatable bonds is 3. The second-order valence-electron chi connectivity index (χ2n) is 4.08. The normalized spacial score (nSPS) is 15.1. The Hall–Kier alpha value is -2.11. The van der Waals surface area contributed by atoms with Crippen LogP contribution in [0.1, 0.15) is 40.7 Å². The maximum Gasteiger partial charge on any atom is 0.373 e. The lowest BCUT2D eigenvalue weighted by Gasteiger charge is -1.89. The molecule has 1 aliphatic rings. The molecule has 1 saturated carbocycles. The lowest BCUT2D eigenvalue weighted by molar-refractivity contribution is 0.0661. The van der Waals surface area contributed by atoms with Gasteiger partial charge in [-0.05, 0) is 19.8 Å². The van der Waals surface area contributed by atoms with Crippen LogP contribution in [0.25, 0.3) is 11.7 Å². The van der Waals surface area contributed by atoms with Crippen molar-refractivity contribution in [2.75, 3.05) is 0 Å². The molecule has 0 aliphatic heterocycles. The number of oxazole rings is 2. The van der Waals surface area contributed by atoms with Crippen molar-refractivity contribution in [2.45, 2.75) is 25.7 Å². The summed E-state index contributed by atoms with van der Waals surface area (Å²) in [6, 6.07) is 0. The van der Waals surface area contributed by atoms with E-state index in [1.165, 1.54) is 6.39 Å². The zero-order valence-electron chi connectivity index (χ0n) is 9.14. The Morgan fingerprint density at radius 2 is 2.29 bits per heavy atom. The predicted octanol–water partition coefficient (Wildman–Crippen LogP) is 2.21. The third-order valence-electron chi connectivity index (χ3n) is 2.75. The van der Waals surface area contributed by atoms with Crippen LogP contribution in [0.2, 0.25) is 0 Å². The van der Waals surface area contributed by atoms with Crippen molar-refractivity contribution < 1.29 is 18.7 Å². The van der Waals surface area contributed by atoms with Crippen LogP contribution in [0, 0.1) is 6.92 Å². The van der Waals surface area contributed by atoms with Gasteiger partial charge in [-0.25, -0.2) is 14.8 Å². The molecule has 1 N–H and O–H groups in total. The third kappa shape index (κ3) is 1.61. The highest BCUT2D eigenvalue weighted by molar-refractivity contribution is 5.86. The van der Waals surface area contributed by atoms with Gasteiger partial charge in [-0.1, -0.05) is 0 Å². The summed E-state index contributed by atoms with van der Waals surface area (Å²) >= 11 is 0. The topological polar surface area (TPSA) is 89.4 Å². The highest BCUT2D eigenvalue weighted by Crippen LogP contribution is 2.42. The minimum atomic E-state index is -1.09. The van der Waals surface area contributed by atoms with Crippen LogP contribution in [-0.2, 0) is 0 Å². The van der Waals surface area contributed by atoms with E-state index in [9.17, 15) is 4.79 Å². The van der Waals surface area contributed by atoms with E-state index in [0.717, 1.165) is 12.8 Å². The number of carbonyl (C=O) groups is 1. The molecule has 2 aromatic heterocycles. The maximum absolute atomic E-state index is 11.0. The van der Waals surface area contributed by atoms with Crippen LogP contribution in [0.4, 0.5) is 0 Å². The van der Waals surface area contributed by atoms with Crippen molar-refractivity contribution >= 4 is 5.97 Å². The minimum absolute atomic E-state index is 0.0849. The van der Waals surface area contributed by atoms with Crippen LogP contribution in [-0.4, -0.2) is 21.0 Å². The van der Waals surface area contributed by atoms with Gasteiger partial charge in [-0.2, -0.15) is 0 Å². The Morgan fingerprint density at radius 3 is 2.82 bits per heavy atom. The molecular weight excluding hydrogens is 224 g/mol. The molecule has 0 saturated heterocycles. The molecule has 2 aromatic rings. The van der Waals surface area contributed by atoms with Gasteiger partial charge >= 0.3 is 5.97 Å². The fourth-order valence-corrected chi connectivity index (χ4v) is 1.72. The summed E-state index contributed by atoms with van der Waals surface area (Å²) in [5.74, 6) is -0.387. The van der Waals surface area contributed by atoms with Crippen molar-refractivity contribution in [1.29, 1.82) is 0 Å². The fraction of sp³-hybridized carbons (Fsp3) is 0.364. The summed E-state index contributed by atoms with van der Waals surface area (Å²) in [5, 5.41) is 9.04. The van der Waals surface area contributed by atoms with Gasteiger partial charge in [0.15, 0.2) is 6.39 Å². The van der Waals surface area contributed by atoms with E-state index in [-0.39, 0.29) is 17.6 Å². The van der Waals surface area contributed by atoms with Gasteiger partial charge in [0.05, 0.1) is 11.4 Å². The van der Waals surface area contributed by atoms with E-state index in [2.05, 4.69) is 9.97 Å². The van der Waals surface area contributed by atoms with E-state index in [0.29, 0.717) is 17.1 Å². The first-order valence-corrected chi connectivity index (χ1v) is 5.31. The highest BCUT2D eigenvalue weighted by Gasteiger charge is 2.34. The number of hydrogen-bond donors (Lipinski definition) is 1. The van der Waals surface area contributed by atoms with Gasteiger partial charge in [0, 0.05) is 5.92 Å². The SMILES string of the molecule is Cc1ncoc1-c1nc(C2CC2)c(C(=O)O)o1. The quantitative estimate of drug-likeness (QED) is 0.875. The molecule has 6 nitrogen and oxygen atoms in total. The summed E-state index contributed by atoms with van der Waals surface area (Å²) in [6.45, 7) is 1.75. The Bertz CT molecular complexity index is 580. The average Bonchev–Trinajstić information content (AvgIpc) is 2.88. The summed E-state index contributed by atoms with van der Waals surface area (Å²) in [7, 11) is 0. The van der Waals surface area contributed by atoms with Crippen LogP contribution in [0.5, 0.6) is 0 Å². The summed E-state index contributed by atoms with van der Waals surface area (Å²) < 4.78 is 10.4. The number of nitrogens with zero attached hydrogens (tertiary/aromatic N) is 2. The molecule has 0 radical (unpaired) electrons. The molecule has 6 heteroatoms. The highest BCUT2D eigenvalue weighted by atomic mass is 16.4. The van der Waals surface area contributed by atoms with Crippen molar-refractivity contribution in [2.24, 2.45) is 0 Å². The number of hydrogen-bond acceptors (Lipinski definition) is 5. The Kier molecular flexibility index (Phi) is 2.04. The van der Waals surface area contributed by atoms with Crippen LogP contribution < -0.4 is 0 Å². The first-order chi connectivity index (χ1) is 8.16. The van der Waals surface area contributed by atoms with Crippen molar-refractivity contribution in [1.82, 2.24) is 9.97 Å². The number of aromatic nitrogens is 2. The van der Waals surface area contributed by atoms with E-state index in [1.807, 2.05) is 0 Å². The lowest BCUT2D eigenvalue weighted by atomic mass is 10.2. The Labute approximate surface area is 96.3 Å². The zero-order chi connectivity index (χ0) is 12.0. The standard InChI is InChI=1S/C11H10N2O4/c1-5-8(16-4-12-5)10-13-7(6-2-3-6)9(17-10)11(14)15/h4,6H,2-3H2,1H3,(H,14,15). The molecule has 2 heterocycles. The van der Waals surface area contributed by atoms with Crippen LogP contribution in [0.3, 0.4) is 0 Å². The van der Waals surface area contributed by atoms with Gasteiger partial charge in [-0.15, -0.1) is 0 Å². The van der Waals surface area contributed by atoms with Gasteiger partial charge in [0.2, 0.25) is 11.5 Å². The van der Waals surface area contributed by atoms with E-state index in [1.54, 1.807) is 6.92 Å². The zero-order valence-corrected chi connectivity index (χ0v) is 9.14. The van der Waals surface area contributed by atoms with Crippen molar-refractivity contribution in [3.63, 3.8) is 0 Å². The molecule has 0 aromatic carbocycles. The summed E-state index contributed by atoms with van der Waals surface area (Å²) in [6.07, 6.45) is 3.20. The molecule has 17 heavy (non-hydrogen) atoms. The number of aryl methyl sites for hydroxylation is 1. The van der Waals surface area contributed by atoms with E-state index in [4.69, 9.17) is 13.9 Å². The molecule has 0 spiro atoms. The molecular formula is C11H10N2O4. The molecule has 1 fully saturated rings. The van der Waals surface area contributed by atoms with Gasteiger partial charge in [0.25, 0.3) is 5.89 Å². The molecule has 0 bridgehead atoms. The number of carboxylic acid groups (broad SMARTS) is 1. The number of carboxylic acids is 1. The smallest absolute Gasteiger partial charge is 0.373 e. The second-order valence-corrected chi connectivity index (χ2v) is 4.08. The molecule has 0 unspecified atom stereocenters. The van der Waals surface area contributed by atoms with Gasteiger partial charge in [0.1, 0.15) is 0 Å². The first-order valence-electron chi connectivity index (χ1n) is 5.31. The van der Waals surface area contributed by atoms with Crippen LogP contribution >= 0.6 is 0 Å². The molecule has 0 atom stereocenters. The average molecular weight is 234 g/mol. The maximum atomic E-state index is 11.0. The summed E-state index contributed by atoms with van der Waals surface area (Å²) in [4.78, 5) is 19.2. The largest absolute Gasteiger partial charge is 0.475 e. The van der Waals surface area contributed by atoms with Gasteiger partial charge < -0.3 is 13.9 Å². The predicted molar refractivity (Wildman–Crippen MR) is 55.7 cm³/mol. The Morgan fingerprint density at radius 1 is 1.53 bits per heavy atom. The minimum Gasteiger partial charge on any atom is -0.475 e. The molecule has 0 amide bonds. The van der Waals surface area contributed by atoms with Crippen molar-refractivity contribution in [3.05, 3.63) is 23.5 Å². The monoisotopic (exact) mass is 234 g/mol. The molecule has 1 aliphatic carbocycles. The molecule has 3 rings (SSSR count). The van der Waals surface area contributed by atoms with Gasteiger partial charge in [-0.3, -0.25) is 0 Å². The van der Waals surface area contributed by atoms with Crippen molar-refractivity contribution in [3.8, 4) is 11.7 Å². The van der Waals surface area contributed by atoms with E-state index < -0.39 is 5.97 Å². The van der Waals surface area contributed by atoms with E-state index >= 15 is 0 Å². The summed E-state index contributed by atoms with van der Waals surface area (Å²) in [5.41, 5.74) is 1.15. The van der Waals surface area contributed by atoms with Crippen LogP contribution in [0.15, 0.2) is 15.2 Å². The Balaban J connectivity index is 2.10. The first kappa shape index (κ1) is 10.1. The number of aromatic carboxylic acids is 1. The second kappa shape index (κ2) is 3.44. The molecule has 88 valence electrons. The fourth-order valence-electron chi connectivity index (χ4n) is 1.72. The lowest BCUT2D eigenvalue weighted by Crippen LogP contribution is -1.98.